The number of hydrogen-bond acceptors (Lipinski definition) is 4. The zero-order valence-corrected chi connectivity index (χ0v) is 10.5. The van der Waals surface area contributed by atoms with Crippen LogP contribution in [0.5, 0.6) is 0 Å². The van der Waals surface area contributed by atoms with Gasteiger partial charge in [0, 0.05) is 18.8 Å². The number of aromatic nitrogens is 1. The van der Waals surface area contributed by atoms with Crippen molar-refractivity contribution in [3.05, 3.63) is 29.6 Å². The molecule has 1 aliphatic carbocycles. The Morgan fingerprint density at radius 3 is 2.94 bits per heavy atom. The number of hydrogen-bond donors (Lipinski definition) is 3. The highest BCUT2D eigenvalue weighted by Crippen LogP contribution is 2.17. The minimum absolute atomic E-state index is 0.0505. The van der Waals surface area contributed by atoms with Gasteiger partial charge in [-0.1, -0.05) is 24.4 Å². The number of oxime groups is 1. The molecule has 0 atom stereocenters. The molecule has 0 bridgehead atoms. The minimum Gasteiger partial charge on any atom is -0.409 e. The predicted octanol–water partition coefficient (Wildman–Crippen LogP) is 1.60. The van der Waals surface area contributed by atoms with Crippen LogP contribution in [0.15, 0.2) is 23.5 Å². The highest BCUT2D eigenvalue weighted by molar-refractivity contribution is 5.95. The van der Waals surface area contributed by atoms with Gasteiger partial charge in [0.2, 0.25) is 0 Å². The molecule has 18 heavy (non-hydrogen) atoms. The van der Waals surface area contributed by atoms with Crippen molar-refractivity contribution in [3.8, 4) is 0 Å². The van der Waals surface area contributed by atoms with Crippen LogP contribution in [0.25, 0.3) is 0 Å². The summed E-state index contributed by atoms with van der Waals surface area (Å²) in [6.07, 6.45) is 8.22. The van der Waals surface area contributed by atoms with Gasteiger partial charge in [0.25, 0.3) is 0 Å². The second kappa shape index (κ2) is 6.35. The molecule has 0 saturated heterocycles. The molecule has 1 heterocycles. The zero-order chi connectivity index (χ0) is 12.8. The molecule has 0 aliphatic heterocycles. The molecule has 1 saturated carbocycles. The third-order valence-electron chi connectivity index (χ3n) is 3.39. The lowest BCUT2D eigenvalue weighted by molar-refractivity contribution is 0.318. The quantitative estimate of drug-likeness (QED) is 0.327. The van der Waals surface area contributed by atoms with Gasteiger partial charge in [-0.3, -0.25) is 4.98 Å². The van der Waals surface area contributed by atoms with Crippen molar-refractivity contribution in [2.24, 2.45) is 10.9 Å². The molecule has 0 aromatic carbocycles. The molecule has 0 spiro atoms. The van der Waals surface area contributed by atoms with E-state index in [0.29, 0.717) is 11.7 Å². The average Bonchev–Trinajstić information content (AvgIpc) is 2.45. The molecule has 1 fully saturated rings. The molecule has 5 heteroatoms. The van der Waals surface area contributed by atoms with Crippen molar-refractivity contribution < 1.29 is 5.21 Å². The number of nitrogens with one attached hydrogen (secondary N) is 1. The summed E-state index contributed by atoms with van der Waals surface area (Å²) in [5.74, 6) is 0.0505. The molecule has 0 radical (unpaired) electrons. The smallest absolute Gasteiger partial charge is 0.188 e. The van der Waals surface area contributed by atoms with Crippen LogP contribution in [0.2, 0.25) is 0 Å². The fourth-order valence-electron chi connectivity index (χ4n) is 2.34. The third kappa shape index (κ3) is 3.43. The van der Waals surface area contributed by atoms with Gasteiger partial charge in [0.05, 0.1) is 0 Å². The van der Waals surface area contributed by atoms with Crippen molar-refractivity contribution in [2.75, 3.05) is 0 Å². The highest BCUT2D eigenvalue weighted by Gasteiger charge is 2.12. The summed E-state index contributed by atoms with van der Waals surface area (Å²) in [6, 6.07) is 4.42. The van der Waals surface area contributed by atoms with Gasteiger partial charge in [-0.2, -0.15) is 0 Å². The fraction of sp³-hybridized carbons (Fsp3) is 0.538. The second-order valence-electron chi connectivity index (χ2n) is 4.75. The first-order valence-electron chi connectivity index (χ1n) is 6.46. The van der Waals surface area contributed by atoms with Crippen LogP contribution in [0.4, 0.5) is 0 Å². The molecule has 1 aromatic rings. The second-order valence-corrected chi connectivity index (χ2v) is 4.75. The predicted molar refractivity (Wildman–Crippen MR) is 70.5 cm³/mol. The highest BCUT2D eigenvalue weighted by atomic mass is 16.4. The van der Waals surface area contributed by atoms with Crippen LogP contribution >= 0.6 is 0 Å². The van der Waals surface area contributed by atoms with Crippen LogP contribution in [0, 0.1) is 0 Å². The molecule has 1 aromatic heterocycles. The number of pyridine rings is 1. The van der Waals surface area contributed by atoms with Crippen LogP contribution in [-0.4, -0.2) is 22.1 Å². The Kier molecular flexibility index (Phi) is 4.52. The van der Waals surface area contributed by atoms with Gasteiger partial charge in [0.15, 0.2) is 5.84 Å². The van der Waals surface area contributed by atoms with E-state index in [1.54, 1.807) is 6.20 Å². The molecule has 98 valence electrons. The van der Waals surface area contributed by atoms with Crippen molar-refractivity contribution in [2.45, 2.75) is 44.7 Å². The van der Waals surface area contributed by atoms with E-state index in [0.717, 1.165) is 12.1 Å². The maximum atomic E-state index is 8.62. The minimum atomic E-state index is 0.0505. The lowest BCUT2D eigenvalue weighted by atomic mass is 9.95. The van der Waals surface area contributed by atoms with Gasteiger partial charge in [-0.15, -0.1) is 0 Å². The monoisotopic (exact) mass is 248 g/mol. The van der Waals surface area contributed by atoms with Gasteiger partial charge >= 0.3 is 0 Å². The summed E-state index contributed by atoms with van der Waals surface area (Å²) >= 11 is 0. The summed E-state index contributed by atoms with van der Waals surface area (Å²) < 4.78 is 0. The Morgan fingerprint density at radius 1 is 1.44 bits per heavy atom. The Bertz CT molecular complexity index is 413. The normalized spacial score (nSPS) is 17.9. The number of nitrogens with zero attached hydrogens (tertiary/aromatic N) is 2. The molecular weight excluding hydrogens is 228 g/mol. The van der Waals surface area contributed by atoms with Crippen LogP contribution < -0.4 is 11.1 Å². The van der Waals surface area contributed by atoms with Gasteiger partial charge in [0.1, 0.15) is 5.69 Å². The topological polar surface area (TPSA) is 83.5 Å². The first kappa shape index (κ1) is 12.8. The molecule has 5 nitrogen and oxygen atoms in total. The first-order valence-corrected chi connectivity index (χ1v) is 6.46. The number of amidine groups is 1. The van der Waals surface area contributed by atoms with Crippen LogP contribution in [0.1, 0.15) is 43.4 Å². The van der Waals surface area contributed by atoms with E-state index in [-0.39, 0.29) is 5.84 Å². The molecular formula is C13H20N4O. The zero-order valence-electron chi connectivity index (χ0n) is 10.5. The van der Waals surface area contributed by atoms with Gasteiger partial charge < -0.3 is 16.3 Å². The van der Waals surface area contributed by atoms with E-state index in [1.165, 1.54) is 32.1 Å². The van der Waals surface area contributed by atoms with Gasteiger partial charge in [-0.25, -0.2) is 0 Å². The maximum absolute atomic E-state index is 8.62. The Morgan fingerprint density at radius 2 is 2.22 bits per heavy atom. The van der Waals surface area contributed by atoms with E-state index in [2.05, 4.69) is 15.5 Å². The fourth-order valence-corrected chi connectivity index (χ4v) is 2.34. The number of nitrogens with two attached hydrogens (primary N) is 1. The van der Waals surface area contributed by atoms with E-state index in [9.17, 15) is 0 Å². The van der Waals surface area contributed by atoms with Crippen LogP contribution in [0.3, 0.4) is 0 Å². The molecule has 2 rings (SSSR count). The Balaban J connectivity index is 1.92. The standard InChI is InChI=1S/C13H20N4O/c14-13(17-18)12-8-10(6-7-15-12)9-16-11-4-2-1-3-5-11/h6-8,11,16,18H,1-5,9H2,(H2,14,17). The Hall–Kier alpha value is -1.62. The largest absolute Gasteiger partial charge is 0.409 e. The van der Waals surface area contributed by atoms with E-state index >= 15 is 0 Å². The Labute approximate surface area is 107 Å². The van der Waals surface area contributed by atoms with Crippen LogP contribution in [-0.2, 0) is 6.54 Å². The van der Waals surface area contributed by atoms with E-state index in [4.69, 9.17) is 10.9 Å². The third-order valence-corrected chi connectivity index (χ3v) is 3.39. The number of rotatable bonds is 4. The maximum Gasteiger partial charge on any atom is 0.188 e. The van der Waals surface area contributed by atoms with Crippen molar-refractivity contribution >= 4 is 5.84 Å². The van der Waals surface area contributed by atoms with E-state index in [1.807, 2.05) is 12.1 Å². The van der Waals surface area contributed by atoms with Crippen molar-refractivity contribution in [3.63, 3.8) is 0 Å². The summed E-state index contributed by atoms with van der Waals surface area (Å²) in [7, 11) is 0. The lowest BCUT2D eigenvalue weighted by Crippen LogP contribution is -2.30. The van der Waals surface area contributed by atoms with Crippen molar-refractivity contribution in [1.29, 1.82) is 0 Å². The molecule has 0 amide bonds. The summed E-state index contributed by atoms with van der Waals surface area (Å²) in [6.45, 7) is 0.804. The average molecular weight is 248 g/mol. The van der Waals surface area contributed by atoms with E-state index < -0.39 is 0 Å². The first-order chi connectivity index (χ1) is 8.79. The molecule has 4 N–H and O–H groups in total. The van der Waals surface area contributed by atoms with Gasteiger partial charge in [-0.05, 0) is 30.5 Å². The molecule has 1 aliphatic rings. The molecule has 0 unspecified atom stereocenters. The lowest BCUT2D eigenvalue weighted by Gasteiger charge is -2.22. The SMILES string of the molecule is N/C(=N\O)c1cc(CNC2CCCCC2)ccn1. The van der Waals surface area contributed by atoms with Crippen molar-refractivity contribution in [1.82, 2.24) is 10.3 Å². The summed E-state index contributed by atoms with van der Waals surface area (Å²) in [4.78, 5) is 4.06. The summed E-state index contributed by atoms with van der Waals surface area (Å²) in [5.41, 5.74) is 7.14. The summed E-state index contributed by atoms with van der Waals surface area (Å²) in [5, 5.41) is 15.1.